The Balaban J connectivity index is 2.54. The van der Waals surface area contributed by atoms with Crippen molar-refractivity contribution in [1.82, 2.24) is 0 Å². The number of phenolic OH excluding ortho intramolecular Hbond substituents is 1. The van der Waals surface area contributed by atoms with Crippen LogP contribution in [-0.2, 0) is 16.0 Å². The first kappa shape index (κ1) is 11.5. The van der Waals surface area contributed by atoms with E-state index in [1.165, 1.54) is 12.1 Å². The Morgan fingerprint density at radius 1 is 1.47 bits per heavy atom. The molecule has 0 spiro atoms. The highest BCUT2D eigenvalue weighted by molar-refractivity contribution is 5.69. The fraction of sp³-hybridized carbons (Fsp3) is 0.300. The summed E-state index contributed by atoms with van der Waals surface area (Å²) in [6.45, 7) is -0.670. The van der Waals surface area contributed by atoms with Crippen LogP contribution in [0.15, 0.2) is 18.2 Å². The monoisotopic (exact) mass is 214 g/mol. The molecule has 2 N–H and O–H groups in total. The minimum Gasteiger partial charge on any atom is -0.508 e. The Kier molecular flexibility index (Phi) is 4.05. The molecule has 0 atom stereocenters. The molecule has 0 heterocycles. The number of carbonyl (C=O) groups is 1. The molecule has 0 saturated carbocycles. The summed E-state index contributed by atoms with van der Waals surface area (Å²) in [6.07, 6.45) is 0.160. The molecule has 0 aliphatic heterocycles. The maximum Gasteiger partial charge on any atom is 0.308 e. The quantitative estimate of drug-likeness (QED) is 0.578. The van der Waals surface area contributed by atoms with Crippen molar-refractivity contribution < 1.29 is 24.1 Å². The number of ether oxygens (including phenoxy) is 1. The molecule has 0 amide bonds. The molecule has 82 valence electrons. The first-order valence-electron chi connectivity index (χ1n) is 4.37. The Hall–Kier alpha value is -1.62. The standard InChI is InChI=1S/C10H11FO4/c11-9-5-8(13)3-1-7(9)2-4-10(14)15-6-12/h1,3,5,12-13H,2,4,6H2. The lowest BCUT2D eigenvalue weighted by atomic mass is 10.1. The van der Waals surface area contributed by atoms with Gasteiger partial charge in [0.25, 0.3) is 0 Å². The number of aliphatic hydroxyl groups is 1. The van der Waals surface area contributed by atoms with Gasteiger partial charge in [0.05, 0.1) is 0 Å². The van der Waals surface area contributed by atoms with Crippen molar-refractivity contribution in [3.8, 4) is 5.75 Å². The molecule has 1 rings (SSSR count). The van der Waals surface area contributed by atoms with Crippen LogP contribution >= 0.6 is 0 Å². The number of aryl methyl sites for hydroxylation is 1. The van der Waals surface area contributed by atoms with Crippen molar-refractivity contribution in [3.05, 3.63) is 29.6 Å². The summed E-state index contributed by atoms with van der Waals surface area (Å²) in [6, 6.07) is 3.72. The van der Waals surface area contributed by atoms with Gasteiger partial charge in [0, 0.05) is 12.5 Å². The van der Waals surface area contributed by atoms with E-state index in [-0.39, 0.29) is 18.6 Å². The van der Waals surface area contributed by atoms with E-state index in [0.717, 1.165) is 6.07 Å². The van der Waals surface area contributed by atoms with Gasteiger partial charge in [-0.15, -0.1) is 0 Å². The molecular weight excluding hydrogens is 203 g/mol. The van der Waals surface area contributed by atoms with Gasteiger partial charge in [-0.3, -0.25) is 4.79 Å². The van der Waals surface area contributed by atoms with Gasteiger partial charge in [-0.05, 0) is 18.1 Å². The molecule has 0 radical (unpaired) electrons. The number of aromatic hydroxyl groups is 1. The molecule has 0 aromatic heterocycles. The number of hydrogen-bond donors (Lipinski definition) is 2. The second-order valence-corrected chi connectivity index (χ2v) is 2.92. The molecule has 0 saturated heterocycles. The minimum atomic E-state index is -0.670. The highest BCUT2D eigenvalue weighted by Crippen LogP contribution is 2.16. The van der Waals surface area contributed by atoms with E-state index in [2.05, 4.69) is 4.74 Å². The van der Waals surface area contributed by atoms with E-state index in [0.29, 0.717) is 5.56 Å². The maximum absolute atomic E-state index is 13.1. The fourth-order valence-electron chi connectivity index (χ4n) is 1.12. The lowest BCUT2D eigenvalue weighted by molar-refractivity contribution is -0.151. The highest BCUT2D eigenvalue weighted by Gasteiger charge is 2.07. The number of hydrogen-bond acceptors (Lipinski definition) is 4. The van der Waals surface area contributed by atoms with Crippen LogP contribution in [0.2, 0.25) is 0 Å². The lowest BCUT2D eigenvalue weighted by Crippen LogP contribution is -2.06. The summed E-state index contributed by atoms with van der Waals surface area (Å²) < 4.78 is 17.4. The summed E-state index contributed by atoms with van der Waals surface area (Å²) in [5.41, 5.74) is 0.322. The Bertz CT molecular complexity index is 351. The predicted octanol–water partition coefficient (Wildman–Crippen LogP) is 0.957. The van der Waals surface area contributed by atoms with Crippen LogP contribution in [0.3, 0.4) is 0 Å². The zero-order valence-electron chi connectivity index (χ0n) is 7.94. The van der Waals surface area contributed by atoms with E-state index in [4.69, 9.17) is 10.2 Å². The largest absolute Gasteiger partial charge is 0.508 e. The first-order chi connectivity index (χ1) is 7.13. The summed E-state index contributed by atoms with van der Waals surface area (Å²) in [4.78, 5) is 10.8. The first-order valence-corrected chi connectivity index (χ1v) is 4.37. The summed E-state index contributed by atoms with van der Waals surface area (Å²) in [5, 5.41) is 17.2. The Morgan fingerprint density at radius 3 is 2.80 bits per heavy atom. The van der Waals surface area contributed by atoms with Gasteiger partial charge in [-0.1, -0.05) is 6.07 Å². The molecule has 15 heavy (non-hydrogen) atoms. The zero-order valence-corrected chi connectivity index (χ0v) is 7.94. The number of benzene rings is 1. The molecular formula is C10H11FO4. The summed E-state index contributed by atoms with van der Waals surface area (Å²) >= 11 is 0. The topological polar surface area (TPSA) is 66.8 Å². The highest BCUT2D eigenvalue weighted by atomic mass is 19.1. The normalized spacial score (nSPS) is 10.0. The number of aliphatic hydroxyl groups excluding tert-OH is 1. The summed E-state index contributed by atoms with van der Waals surface area (Å²) in [7, 11) is 0. The van der Waals surface area contributed by atoms with Gasteiger partial charge in [0.15, 0.2) is 6.79 Å². The molecule has 1 aromatic carbocycles. The molecule has 1 aromatic rings. The van der Waals surface area contributed by atoms with Crippen molar-refractivity contribution in [2.75, 3.05) is 6.79 Å². The average Bonchev–Trinajstić information content (AvgIpc) is 2.17. The Morgan fingerprint density at radius 2 is 2.20 bits per heavy atom. The van der Waals surface area contributed by atoms with E-state index < -0.39 is 18.6 Å². The SMILES string of the molecule is O=C(CCc1ccc(O)cc1F)OCO. The predicted molar refractivity (Wildman–Crippen MR) is 49.6 cm³/mol. The summed E-state index contributed by atoms with van der Waals surface area (Å²) in [5.74, 6) is -1.31. The van der Waals surface area contributed by atoms with Gasteiger partial charge in [0.1, 0.15) is 11.6 Å². The van der Waals surface area contributed by atoms with Crippen LogP contribution in [0, 0.1) is 5.82 Å². The average molecular weight is 214 g/mol. The van der Waals surface area contributed by atoms with E-state index >= 15 is 0 Å². The fourth-order valence-corrected chi connectivity index (χ4v) is 1.12. The van der Waals surface area contributed by atoms with Crippen LogP contribution in [0.25, 0.3) is 0 Å². The van der Waals surface area contributed by atoms with Crippen molar-refractivity contribution in [2.24, 2.45) is 0 Å². The third-order valence-electron chi connectivity index (χ3n) is 1.86. The number of halogens is 1. The lowest BCUT2D eigenvalue weighted by Gasteiger charge is -2.03. The van der Waals surface area contributed by atoms with Gasteiger partial charge >= 0.3 is 5.97 Å². The number of rotatable bonds is 4. The van der Waals surface area contributed by atoms with Crippen molar-refractivity contribution in [2.45, 2.75) is 12.8 Å². The third-order valence-corrected chi connectivity index (χ3v) is 1.86. The number of esters is 1. The third kappa shape index (κ3) is 3.55. The second kappa shape index (κ2) is 5.31. The molecule has 0 aliphatic rings. The van der Waals surface area contributed by atoms with Crippen molar-refractivity contribution >= 4 is 5.97 Å². The maximum atomic E-state index is 13.1. The number of phenols is 1. The van der Waals surface area contributed by atoms with Crippen LogP contribution < -0.4 is 0 Å². The molecule has 0 unspecified atom stereocenters. The van der Waals surface area contributed by atoms with Gasteiger partial charge in [0.2, 0.25) is 0 Å². The molecule has 5 heteroatoms. The Labute approximate surface area is 85.9 Å². The van der Waals surface area contributed by atoms with Crippen LogP contribution in [-0.4, -0.2) is 23.0 Å². The van der Waals surface area contributed by atoms with E-state index in [1.807, 2.05) is 0 Å². The van der Waals surface area contributed by atoms with Gasteiger partial charge in [-0.25, -0.2) is 4.39 Å². The van der Waals surface area contributed by atoms with Crippen LogP contribution in [0.1, 0.15) is 12.0 Å². The smallest absolute Gasteiger partial charge is 0.308 e. The molecule has 4 nitrogen and oxygen atoms in total. The minimum absolute atomic E-state index is 0.0117. The molecule has 0 aliphatic carbocycles. The van der Waals surface area contributed by atoms with E-state index in [1.54, 1.807) is 0 Å². The second-order valence-electron chi connectivity index (χ2n) is 2.92. The van der Waals surface area contributed by atoms with Crippen molar-refractivity contribution in [3.63, 3.8) is 0 Å². The van der Waals surface area contributed by atoms with Gasteiger partial charge < -0.3 is 14.9 Å². The van der Waals surface area contributed by atoms with Crippen LogP contribution in [0.5, 0.6) is 5.75 Å². The zero-order chi connectivity index (χ0) is 11.3. The number of carbonyl (C=O) groups excluding carboxylic acids is 1. The van der Waals surface area contributed by atoms with E-state index in [9.17, 15) is 9.18 Å². The van der Waals surface area contributed by atoms with Crippen LogP contribution in [0.4, 0.5) is 4.39 Å². The molecule has 0 bridgehead atoms. The van der Waals surface area contributed by atoms with Gasteiger partial charge in [-0.2, -0.15) is 0 Å². The van der Waals surface area contributed by atoms with Crippen molar-refractivity contribution in [1.29, 1.82) is 0 Å². The molecule has 0 fully saturated rings.